The zero-order valence-electron chi connectivity index (χ0n) is 13.9. The van der Waals surface area contributed by atoms with Crippen LogP contribution in [0.4, 0.5) is 0 Å². The first-order valence-corrected chi connectivity index (χ1v) is 10.1. The molecule has 0 aliphatic heterocycles. The second kappa shape index (κ2) is 6.76. The van der Waals surface area contributed by atoms with Crippen LogP contribution in [0.2, 0.25) is 0 Å². The molecule has 0 saturated heterocycles. The molecule has 0 saturated carbocycles. The molecule has 1 aliphatic carbocycles. The summed E-state index contributed by atoms with van der Waals surface area (Å²) < 4.78 is 7.11. The fourth-order valence-electron chi connectivity index (χ4n) is 3.14. The molecule has 4 rings (SSSR count). The summed E-state index contributed by atoms with van der Waals surface area (Å²) in [5, 5.41) is 9.32. The van der Waals surface area contributed by atoms with E-state index in [2.05, 4.69) is 16.8 Å². The lowest BCUT2D eigenvalue weighted by Crippen LogP contribution is -2.23. The summed E-state index contributed by atoms with van der Waals surface area (Å²) in [5.74, 6) is 1.56. The molecule has 6 nitrogen and oxygen atoms in total. The molecule has 0 bridgehead atoms. The van der Waals surface area contributed by atoms with Gasteiger partial charge in [0.25, 0.3) is 5.56 Å². The highest BCUT2D eigenvalue weighted by Crippen LogP contribution is 2.35. The summed E-state index contributed by atoms with van der Waals surface area (Å²) in [5.41, 5.74) is 1.25. The van der Waals surface area contributed by atoms with Gasteiger partial charge in [-0.15, -0.1) is 28.1 Å². The Bertz CT molecular complexity index is 1000. The average molecular weight is 374 g/mol. The summed E-state index contributed by atoms with van der Waals surface area (Å²) in [6.45, 7) is 5.98. The van der Waals surface area contributed by atoms with Gasteiger partial charge in [0.1, 0.15) is 4.83 Å². The first-order valence-electron chi connectivity index (χ1n) is 8.25. The van der Waals surface area contributed by atoms with Gasteiger partial charge in [-0.05, 0) is 31.2 Å². The molecule has 0 fully saturated rings. The number of fused-ring (bicyclic) bond motifs is 3. The standard InChI is InChI=1S/C17H18N4O2S2/c1-3-8-21-16(22)14-11-6-4-5-7-12(11)25-15(14)18-17(21)24-9-13-20-19-10(2)23-13/h3H,1,4-9H2,2H3. The van der Waals surface area contributed by atoms with Crippen molar-refractivity contribution in [1.29, 1.82) is 0 Å². The SMILES string of the molecule is C=CCn1c(SCc2nnc(C)o2)nc2sc3c(c2c1=O)CCCC3. The van der Waals surface area contributed by atoms with Gasteiger partial charge >= 0.3 is 0 Å². The predicted molar refractivity (Wildman–Crippen MR) is 99.3 cm³/mol. The minimum atomic E-state index is 0.0357. The molecule has 8 heteroatoms. The molecule has 0 spiro atoms. The molecular formula is C17H18N4O2S2. The quantitative estimate of drug-likeness (QED) is 0.386. The molecule has 130 valence electrons. The van der Waals surface area contributed by atoms with Crippen LogP contribution < -0.4 is 5.56 Å². The van der Waals surface area contributed by atoms with E-state index in [0.717, 1.165) is 29.5 Å². The van der Waals surface area contributed by atoms with Crippen LogP contribution in [0.15, 0.2) is 27.0 Å². The third-order valence-electron chi connectivity index (χ3n) is 4.24. The van der Waals surface area contributed by atoms with E-state index in [1.807, 2.05) is 0 Å². The third-order valence-corrected chi connectivity index (χ3v) is 6.39. The van der Waals surface area contributed by atoms with Crippen LogP contribution in [-0.4, -0.2) is 19.7 Å². The van der Waals surface area contributed by atoms with E-state index < -0.39 is 0 Å². The molecule has 0 amide bonds. The number of allylic oxidation sites excluding steroid dienone is 1. The number of hydrogen-bond acceptors (Lipinski definition) is 7. The van der Waals surface area contributed by atoms with Crippen molar-refractivity contribution in [3.05, 3.63) is 45.2 Å². The monoisotopic (exact) mass is 374 g/mol. The Labute approximate surface area is 153 Å². The largest absolute Gasteiger partial charge is 0.425 e. The summed E-state index contributed by atoms with van der Waals surface area (Å²) in [6, 6.07) is 0. The van der Waals surface area contributed by atoms with Crippen LogP contribution >= 0.6 is 23.1 Å². The van der Waals surface area contributed by atoms with Crippen LogP contribution in [0.1, 0.15) is 35.1 Å². The van der Waals surface area contributed by atoms with E-state index in [-0.39, 0.29) is 5.56 Å². The second-order valence-electron chi connectivity index (χ2n) is 5.99. The van der Waals surface area contributed by atoms with Gasteiger partial charge in [0.2, 0.25) is 11.8 Å². The van der Waals surface area contributed by atoms with Crippen LogP contribution in [-0.2, 0) is 25.1 Å². The Kier molecular flexibility index (Phi) is 4.47. The lowest BCUT2D eigenvalue weighted by Gasteiger charge is -2.12. The summed E-state index contributed by atoms with van der Waals surface area (Å²) >= 11 is 3.11. The lowest BCUT2D eigenvalue weighted by molar-refractivity contribution is 0.485. The van der Waals surface area contributed by atoms with Gasteiger partial charge in [-0.1, -0.05) is 17.8 Å². The van der Waals surface area contributed by atoms with Gasteiger partial charge in [-0.25, -0.2) is 4.98 Å². The number of aromatic nitrogens is 4. The van der Waals surface area contributed by atoms with E-state index in [1.165, 1.54) is 28.6 Å². The summed E-state index contributed by atoms with van der Waals surface area (Å²) in [6.07, 6.45) is 6.11. The third kappa shape index (κ3) is 3.04. The van der Waals surface area contributed by atoms with Crippen molar-refractivity contribution in [2.45, 2.75) is 50.1 Å². The Balaban J connectivity index is 1.78. The normalized spacial score (nSPS) is 14.0. The molecule has 3 aromatic heterocycles. The van der Waals surface area contributed by atoms with Crippen molar-refractivity contribution >= 4 is 33.3 Å². The van der Waals surface area contributed by atoms with Crippen molar-refractivity contribution in [3.63, 3.8) is 0 Å². The molecule has 0 atom stereocenters. The topological polar surface area (TPSA) is 73.8 Å². The highest BCUT2D eigenvalue weighted by molar-refractivity contribution is 7.98. The number of aryl methyl sites for hydroxylation is 3. The van der Waals surface area contributed by atoms with Crippen LogP contribution in [0.3, 0.4) is 0 Å². The predicted octanol–water partition coefficient (Wildman–Crippen LogP) is 3.51. The molecule has 3 heterocycles. The fourth-order valence-corrected chi connectivity index (χ4v) is 5.29. The summed E-state index contributed by atoms with van der Waals surface area (Å²) in [4.78, 5) is 20.1. The number of thioether (sulfide) groups is 1. The van der Waals surface area contributed by atoms with Crippen LogP contribution in [0, 0.1) is 6.92 Å². The van der Waals surface area contributed by atoms with Gasteiger partial charge in [-0.3, -0.25) is 9.36 Å². The molecule has 3 aromatic rings. The fraction of sp³-hybridized carbons (Fsp3) is 0.412. The van der Waals surface area contributed by atoms with Gasteiger partial charge in [0.15, 0.2) is 5.16 Å². The van der Waals surface area contributed by atoms with E-state index >= 15 is 0 Å². The average Bonchev–Trinajstić information content (AvgIpc) is 3.19. The number of rotatable bonds is 5. The van der Waals surface area contributed by atoms with E-state index in [0.29, 0.717) is 29.2 Å². The number of thiophene rings is 1. The van der Waals surface area contributed by atoms with Crippen molar-refractivity contribution in [1.82, 2.24) is 19.7 Å². The van der Waals surface area contributed by atoms with Crippen molar-refractivity contribution in [2.24, 2.45) is 0 Å². The molecule has 0 radical (unpaired) electrons. The maximum atomic E-state index is 13.1. The molecular weight excluding hydrogens is 356 g/mol. The van der Waals surface area contributed by atoms with Crippen LogP contribution in [0.5, 0.6) is 0 Å². The minimum absolute atomic E-state index is 0.0357. The maximum absolute atomic E-state index is 13.1. The second-order valence-corrected chi connectivity index (χ2v) is 8.02. The zero-order valence-corrected chi connectivity index (χ0v) is 15.6. The Morgan fingerprint density at radius 1 is 1.36 bits per heavy atom. The van der Waals surface area contributed by atoms with Crippen molar-refractivity contribution in [3.8, 4) is 0 Å². The summed E-state index contributed by atoms with van der Waals surface area (Å²) in [7, 11) is 0. The zero-order chi connectivity index (χ0) is 17.4. The number of nitrogens with zero attached hydrogens (tertiary/aromatic N) is 4. The number of hydrogen-bond donors (Lipinski definition) is 0. The molecule has 0 N–H and O–H groups in total. The van der Waals surface area contributed by atoms with E-state index in [1.54, 1.807) is 28.9 Å². The van der Waals surface area contributed by atoms with Crippen LogP contribution in [0.25, 0.3) is 10.2 Å². The lowest BCUT2D eigenvalue weighted by atomic mass is 9.97. The van der Waals surface area contributed by atoms with Gasteiger partial charge < -0.3 is 4.42 Å². The Hall–Kier alpha value is -1.93. The van der Waals surface area contributed by atoms with Crippen molar-refractivity contribution in [2.75, 3.05) is 0 Å². The molecule has 25 heavy (non-hydrogen) atoms. The van der Waals surface area contributed by atoms with Gasteiger partial charge in [0, 0.05) is 18.3 Å². The highest BCUT2D eigenvalue weighted by Gasteiger charge is 2.22. The molecule has 1 aliphatic rings. The Morgan fingerprint density at radius 3 is 2.96 bits per heavy atom. The molecule has 0 unspecified atom stereocenters. The maximum Gasteiger partial charge on any atom is 0.263 e. The van der Waals surface area contributed by atoms with E-state index in [9.17, 15) is 4.79 Å². The Morgan fingerprint density at radius 2 is 2.20 bits per heavy atom. The van der Waals surface area contributed by atoms with Gasteiger partial charge in [-0.2, -0.15) is 0 Å². The minimum Gasteiger partial charge on any atom is -0.425 e. The first kappa shape index (κ1) is 16.5. The highest BCUT2D eigenvalue weighted by atomic mass is 32.2. The molecule has 0 aromatic carbocycles. The smallest absolute Gasteiger partial charge is 0.263 e. The van der Waals surface area contributed by atoms with Crippen molar-refractivity contribution < 1.29 is 4.42 Å². The van der Waals surface area contributed by atoms with E-state index in [4.69, 9.17) is 9.40 Å². The van der Waals surface area contributed by atoms with Gasteiger partial charge in [0.05, 0.1) is 11.1 Å². The first-order chi connectivity index (χ1) is 12.2.